The van der Waals surface area contributed by atoms with Gasteiger partial charge in [0.25, 0.3) is 10.0 Å². The van der Waals surface area contributed by atoms with Gasteiger partial charge in [0.2, 0.25) is 5.95 Å². The molecule has 1 aromatic carbocycles. The van der Waals surface area contributed by atoms with E-state index in [2.05, 4.69) is 14.7 Å². The molecule has 0 amide bonds. The van der Waals surface area contributed by atoms with E-state index in [-0.39, 0.29) is 26.0 Å². The molecular formula is C10H6Cl3N3O2S. The van der Waals surface area contributed by atoms with Crippen LogP contribution in [-0.2, 0) is 10.0 Å². The van der Waals surface area contributed by atoms with E-state index in [1.807, 2.05) is 0 Å². The fraction of sp³-hybridized carbons (Fsp3) is 0. The van der Waals surface area contributed by atoms with Crippen molar-refractivity contribution >= 4 is 50.8 Å². The number of nitrogens with zero attached hydrogens (tertiary/aromatic N) is 2. The fourth-order valence-corrected chi connectivity index (χ4v) is 3.10. The van der Waals surface area contributed by atoms with Crippen LogP contribution in [0.4, 0.5) is 5.95 Å². The predicted molar refractivity (Wildman–Crippen MR) is 74.3 cm³/mol. The summed E-state index contributed by atoms with van der Waals surface area (Å²) >= 11 is 17.3. The van der Waals surface area contributed by atoms with Gasteiger partial charge in [-0.2, -0.15) is 0 Å². The Hall–Kier alpha value is -1.08. The summed E-state index contributed by atoms with van der Waals surface area (Å²) in [4.78, 5) is 7.30. The summed E-state index contributed by atoms with van der Waals surface area (Å²) in [6, 6.07) is 5.70. The zero-order chi connectivity index (χ0) is 14.0. The molecule has 1 N–H and O–H groups in total. The van der Waals surface area contributed by atoms with Crippen molar-refractivity contribution in [2.75, 3.05) is 4.72 Å². The highest BCUT2D eigenvalue weighted by atomic mass is 35.5. The summed E-state index contributed by atoms with van der Waals surface area (Å²) in [5.74, 6) is -0.149. The molecule has 0 saturated carbocycles. The molecule has 100 valence electrons. The Morgan fingerprint density at radius 2 is 1.84 bits per heavy atom. The molecule has 0 atom stereocenters. The van der Waals surface area contributed by atoms with Gasteiger partial charge in [0.05, 0.1) is 10.0 Å². The average molecular weight is 339 g/mol. The van der Waals surface area contributed by atoms with Crippen LogP contribution in [0.2, 0.25) is 15.2 Å². The third-order valence-electron chi connectivity index (χ3n) is 2.05. The van der Waals surface area contributed by atoms with Gasteiger partial charge in [0.15, 0.2) is 0 Å². The van der Waals surface area contributed by atoms with Gasteiger partial charge in [-0.25, -0.2) is 23.1 Å². The number of sulfonamides is 1. The second kappa shape index (κ2) is 5.50. The predicted octanol–water partition coefficient (Wildman–Crippen LogP) is 3.24. The minimum Gasteiger partial charge on any atom is -0.247 e. The minimum atomic E-state index is -3.93. The maximum atomic E-state index is 12.1. The van der Waals surface area contributed by atoms with E-state index >= 15 is 0 Å². The molecule has 0 spiro atoms. The summed E-state index contributed by atoms with van der Waals surface area (Å²) in [7, 11) is -3.93. The normalized spacial score (nSPS) is 11.3. The summed E-state index contributed by atoms with van der Waals surface area (Å²) in [5, 5.41) is 0.181. The van der Waals surface area contributed by atoms with Gasteiger partial charge in [-0.15, -0.1) is 0 Å². The SMILES string of the molecule is O=S(=O)(Nc1nccc(Cl)n1)c1cccc(Cl)c1Cl. The van der Waals surface area contributed by atoms with Crippen molar-refractivity contribution < 1.29 is 8.42 Å². The Labute approximate surface area is 124 Å². The molecular weight excluding hydrogens is 333 g/mol. The lowest BCUT2D eigenvalue weighted by atomic mass is 10.4. The highest BCUT2D eigenvalue weighted by Crippen LogP contribution is 2.29. The summed E-state index contributed by atoms with van der Waals surface area (Å²) in [6.45, 7) is 0. The maximum Gasteiger partial charge on any atom is 0.265 e. The molecule has 1 heterocycles. The summed E-state index contributed by atoms with van der Waals surface area (Å²) < 4.78 is 26.4. The lowest BCUT2D eigenvalue weighted by Gasteiger charge is -2.08. The van der Waals surface area contributed by atoms with E-state index in [1.165, 1.54) is 30.5 Å². The number of benzene rings is 1. The largest absolute Gasteiger partial charge is 0.265 e. The number of halogens is 3. The molecule has 0 saturated heterocycles. The zero-order valence-electron chi connectivity index (χ0n) is 9.14. The lowest BCUT2D eigenvalue weighted by molar-refractivity contribution is 0.601. The van der Waals surface area contributed by atoms with Crippen molar-refractivity contribution in [2.45, 2.75) is 4.90 Å². The van der Waals surface area contributed by atoms with E-state index in [1.54, 1.807) is 0 Å². The zero-order valence-corrected chi connectivity index (χ0v) is 12.2. The van der Waals surface area contributed by atoms with E-state index in [0.717, 1.165) is 0 Å². The van der Waals surface area contributed by atoms with Gasteiger partial charge in [-0.1, -0.05) is 40.9 Å². The van der Waals surface area contributed by atoms with Crippen LogP contribution in [0.5, 0.6) is 0 Å². The van der Waals surface area contributed by atoms with Crippen LogP contribution < -0.4 is 4.72 Å². The quantitative estimate of drug-likeness (QED) is 0.872. The average Bonchev–Trinajstić information content (AvgIpc) is 2.32. The lowest BCUT2D eigenvalue weighted by Crippen LogP contribution is -2.15. The van der Waals surface area contributed by atoms with Crippen LogP contribution in [0, 0.1) is 0 Å². The van der Waals surface area contributed by atoms with Gasteiger partial charge < -0.3 is 0 Å². The third-order valence-corrected chi connectivity index (χ3v) is 4.56. The first kappa shape index (κ1) is 14.3. The monoisotopic (exact) mass is 337 g/mol. The van der Waals surface area contributed by atoms with E-state index in [0.29, 0.717) is 0 Å². The number of rotatable bonds is 3. The summed E-state index contributed by atoms with van der Waals surface area (Å²) in [6.07, 6.45) is 1.33. The highest BCUT2D eigenvalue weighted by Gasteiger charge is 2.20. The molecule has 0 unspecified atom stereocenters. The number of aromatic nitrogens is 2. The molecule has 1 aromatic heterocycles. The molecule has 5 nitrogen and oxygen atoms in total. The molecule has 0 aliphatic carbocycles. The molecule has 0 aliphatic rings. The van der Waals surface area contributed by atoms with Crippen LogP contribution >= 0.6 is 34.8 Å². The van der Waals surface area contributed by atoms with Crippen molar-refractivity contribution in [1.82, 2.24) is 9.97 Å². The topological polar surface area (TPSA) is 72.0 Å². The first-order chi connectivity index (χ1) is 8.90. The number of hydrogen-bond acceptors (Lipinski definition) is 4. The van der Waals surface area contributed by atoms with Gasteiger partial charge >= 0.3 is 0 Å². The summed E-state index contributed by atoms with van der Waals surface area (Å²) in [5.41, 5.74) is 0. The maximum absolute atomic E-state index is 12.1. The number of nitrogens with one attached hydrogen (secondary N) is 1. The Bertz CT molecular complexity index is 722. The second-order valence-electron chi connectivity index (χ2n) is 3.36. The van der Waals surface area contributed by atoms with E-state index < -0.39 is 10.0 Å². The molecule has 0 bridgehead atoms. The Morgan fingerprint density at radius 3 is 2.53 bits per heavy atom. The molecule has 9 heteroatoms. The Morgan fingerprint density at radius 1 is 1.11 bits per heavy atom. The van der Waals surface area contributed by atoms with Crippen molar-refractivity contribution in [3.8, 4) is 0 Å². The van der Waals surface area contributed by atoms with Crippen LogP contribution in [0.15, 0.2) is 35.4 Å². The standard InChI is InChI=1S/C10H6Cl3N3O2S/c11-6-2-1-3-7(9(6)13)19(17,18)16-10-14-5-4-8(12)15-10/h1-5H,(H,14,15,16). The molecule has 2 rings (SSSR count). The van der Waals surface area contributed by atoms with Gasteiger partial charge in [-0.3, -0.25) is 0 Å². The number of hydrogen-bond donors (Lipinski definition) is 1. The smallest absolute Gasteiger partial charge is 0.247 e. The molecule has 19 heavy (non-hydrogen) atoms. The first-order valence-electron chi connectivity index (χ1n) is 4.85. The Balaban J connectivity index is 2.41. The van der Waals surface area contributed by atoms with E-state index in [4.69, 9.17) is 34.8 Å². The molecule has 0 radical (unpaired) electrons. The van der Waals surface area contributed by atoms with Crippen LogP contribution in [0.3, 0.4) is 0 Å². The van der Waals surface area contributed by atoms with Gasteiger partial charge in [0, 0.05) is 6.20 Å². The van der Waals surface area contributed by atoms with Crippen molar-refractivity contribution in [3.05, 3.63) is 45.7 Å². The molecule has 2 aromatic rings. The fourth-order valence-electron chi connectivity index (χ4n) is 1.25. The number of anilines is 1. The van der Waals surface area contributed by atoms with Gasteiger partial charge in [0.1, 0.15) is 10.0 Å². The molecule has 0 fully saturated rings. The van der Waals surface area contributed by atoms with Crippen LogP contribution in [0.1, 0.15) is 0 Å². The van der Waals surface area contributed by atoms with Crippen LogP contribution in [0.25, 0.3) is 0 Å². The van der Waals surface area contributed by atoms with Crippen molar-refractivity contribution in [3.63, 3.8) is 0 Å². The van der Waals surface area contributed by atoms with Gasteiger partial charge in [-0.05, 0) is 18.2 Å². The highest BCUT2D eigenvalue weighted by molar-refractivity contribution is 7.92. The van der Waals surface area contributed by atoms with Crippen molar-refractivity contribution in [1.29, 1.82) is 0 Å². The van der Waals surface area contributed by atoms with E-state index in [9.17, 15) is 8.42 Å². The third kappa shape index (κ3) is 3.27. The van der Waals surface area contributed by atoms with Crippen LogP contribution in [-0.4, -0.2) is 18.4 Å². The first-order valence-corrected chi connectivity index (χ1v) is 7.47. The Kier molecular flexibility index (Phi) is 4.15. The minimum absolute atomic E-state index is 0.0707. The van der Waals surface area contributed by atoms with Crippen molar-refractivity contribution in [2.24, 2.45) is 0 Å². The second-order valence-corrected chi connectivity index (χ2v) is 6.18. The molecule has 0 aliphatic heterocycles.